The van der Waals surface area contributed by atoms with Crippen molar-refractivity contribution >= 4 is 7.60 Å². The van der Waals surface area contributed by atoms with Gasteiger partial charge in [-0.25, -0.2) is 0 Å². The zero-order valence-electron chi connectivity index (χ0n) is 9.62. The molecule has 0 bridgehead atoms. The molecule has 3 nitrogen and oxygen atoms in total. The van der Waals surface area contributed by atoms with Gasteiger partial charge in [-0.1, -0.05) is 33.6 Å². The van der Waals surface area contributed by atoms with Crippen LogP contribution in [0.3, 0.4) is 0 Å². The Labute approximate surface area is 87.7 Å². The lowest BCUT2D eigenvalue weighted by Gasteiger charge is -2.16. The zero-order valence-corrected chi connectivity index (χ0v) is 10.5. The van der Waals surface area contributed by atoms with E-state index in [4.69, 9.17) is 9.05 Å². The second-order valence-electron chi connectivity index (χ2n) is 3.30. The van der Waals surface area contributed by atoms with Gasteiger partial charge in [0.1, 0.15) is 0 Å². The van der Waals surface area contributed by atoms with Crippen molar-refractivity contribution in [2.24, 2.45) is 0 Å². The van der Waals surface area contributed by atoms with Crippen molar-refractivity contribution in [3.63, 3.8) is 0 Å². The van der Waals surface area contributed by atoms with E-state index in [0.29, 0.717) is 19.4 Å². The molecule has 0 unspecified atom stereocenters. The minimum absolute atomic E-state index is 0.473. The Morgan fingerprint density at radius 1 is 0.929 bits per heavy atom. The van der Waals surface area contributed by atoms with Crippen LogP contribution in [0.5, 0.6) is 0 Å². The lowest BCUT2D eigenvalue weighted by Crippen LogP contribution is -2.01. The Morgan fingerprint density at radius 3 is 1.64 bits per heavy atom. The van der Waals surface area contributed by atoms with Gasteiger partial charge in [-0.2, -0.15) is 0 Å². The second-order valence-corrected chi connectivity index (χ2v) is 5.67. The molecule has 0 aromatic rings. The Bertz CT molecular complexity index is 157. The summed E-state index contributed by atoms with van der Waals surface area (Å²) in [7, 11) is -2.76. The zero-order chi connectivity index (χ0) is 10.9. The van der Waals surface area contributed by atoms with Crippen LogP contribution < -0.4 is 0 Å². The van der Waals surface area contributed by atoms with Crippen LogP contribution in [0, 0.1) is 0 Å². The van der Waals surface area contributed by atoms with Crippen molar-refractivity contribution in [3.8, 4) is 0 Å². The van der Waals surface area contributed by atoms with Crippen molar-refractivity contribution in [1.29, 1.82) is 0 Å². The van der Waals surface area contributed by atoms with Crippen LogP contribution in [-0.4, -0.2) is 19.4 Å². The summed E-state index contributed by atoms with van der Waals surface area (Å²) in [4.78, 5) is 0. The average Bonchev–Trinajstić information content (AvgIpc) is 2.19. The maximum atomic E-state index is 11.9. The summed E-state index contributed by atoms with van der Waals surface area (Å²) < 4.78 is 22.5. The molecule has 0 aliphatic rings. The highest BCUT2D eigenvalue weighted by molar-refractivity contribution is 7.53. The Kier molecular flexibility index (Phi) is 8.55. The van der Waals surface area contributed by atoms with Gasteiger partial charge in [0.2, 0.25) is 0 Å². The summed E-state index contributed by atoms with van der Waals surface area (Å²) in [6.45, 7) is 7.11. The van der Waals surface area contributed by atoms with E-state index in [0.717, 1.165) is 25.7 Å². The van der Waals surface area contributed by atoms with Gasteiger partial charge in [0, 0.05) is 6.16 Å². The predicted molar refractivity (Wildman–Crippen MR) is 59.9 cm³/mol. The molecule has 0 amide bonds. The molecule has 0 aromatic heterocycles. The maximum absolute atomic E-state index is 11.9. The first-order chi connectivity index (χ1) is 6.68. The van der Waals surface area contributed by atoms with Crippen molar-refractivity contribution in [2.45, 2.75) is 46.5 Å². The fraction of sp³-hybridized carbons (Fsp3) is 1.00. The van der Waals surface area contributed by atoms with E-state index in [1.807, 2.05) is 6.92 Å². The monoisotopic (exact) mass is 222 g/mol. The lowest BCUT2D eigenvalue weighted by molar-refractivity contribution is 0.201. The van der Waals surface area contributed by atoms with Crippen molar-refractivity contribution < 1.29 is 13.6 Å². The third kappa shape index (κ3) is 6.58. The lowest BCUT2D eigenvalue weighted by atomic mass is 10.4. The predicted octanol–water partition coefficient (Wildman–Crippen LogP) is 3.83. The molecule has 0 rings (SSSR count). The molecule has 0 aliphatic carbocycles. The summed E-state index contributed by atoms with van der Waals surface area (Å²) >= 11 is 0. The fourth-order valence-corrected chi connectivity index (χ4v) is 2.17. The highest BCUT2D eigenvalue weighted by atomic mass is 31.2. The van der Waals surface area contributed by atoms with Crippen LogP contribution in [0.4, 0.5) is 0 Å². The normalized spacial score (nSPS) is 11.9. The first-order valence-corrected chi connectivity index (χ1v) is 7.29. The molecule has 4 heteroatoms. The van der Waals surface area contributed by atoms with Crippen LogP contribution in [0.25, 0.3) is 0 Å². The third-order valence-electron chi connectivity index (χ3n) is 1.96. The molecular formula is C10H23O3P. The topological polar surface area (TPSA) is 35.5 Å². The summed E-state index contributed by atoms with van der Waals surface area (Å²) in [5.74, 6) is 0. The first kappa shape index (κ1) is 14.2. The second kappa shape index (κ2) is 8.46. The molecule has 0 heterocycles. The summed E-state index contributed by atoms with van der Waals surface area (Å²) in [5, 5.41) is 0. The molecule has 0 atom stereocenters. The molecule has 0 saturated heterocycles. The summed E-state index contributed by atoms with van der Waals surface area (Å²) in [6.07, 6.45) is 4.47. The van der Waals surface area contributed by atoms with Crippen molar-refractivity contribution in [2.75, 3.05) is 19.4 Å². The van der Waals surface area contributed by atoms with Crippen molar-refractivity contribution in [1.82, 2.24) is 0 Å². The highest BCUT2D eigenvalue weighted by Crippen LogP contribution is 2.47. The smallest absolute Gasteiger partial charge is 0.309 e. The molecule has 14 heavy (non-hydrogen) atoms. The van der Waals surface area contributed by atoms with E-state index in [-0.39, 0.29) is 0 Å². The number of hydrogen-bond donors (Lipinski definition) is 0. The SMILES string of the molecule is CCCCOP(=O)(CC)OCCCC. The Hall–Kier alpha value is 0.150. The number of hydrogen-bond acceptors (Lipinski definition) is 3. The standard InChI is InChI=1S/C10H23O3P/c1-4-7-9-12-14(11,6-3)13-10-8-5-2/h4-10H2,1-3H3. The van der Waals surface area contributed by atoms with Crippen LogP contribution in [-0.2, 0) is 13.6 Å². The van der Waals surface area contributed by atoms with E-state index in [2.05, 4.69) is 13.8 Å². The Balaban J connectivity index is 3.74. The van der Waals surface area contributed by atoms with E-state index in [1.54, 1.807) is 0 Å². The molecule has 0 saturated carbocycles. The minimum Gasteiger partial charge on any atom is -0.309 e. The van der Waals surface area contributed by atoms with Crippen LogP contribution in [0.2, 0.25) is 0 Å². The third-order valence-corrected chi connectivity index (χ3v) is 3.89. The van der Waals surface area contributed by atoms with E-state index >= 15 is 0 Å². The molecule has 0 spiro atoms. The fourth-order valence-electron chi connectivity index (χ4n) is 0.916. The first-order valence-electron chi connectivity index (χ1n) is 5.56. The molecule has 0 aromatic carbocycles. The summed E-state index contributed by atoms with van der Waals surface area (Å²) in [6, 6.07) is 0. The molecule has 0 N–H and O–H groups in total. The van der Waals surface area contributed by atoms with Crippen molar-refractivity contribution in [3.05, 3.63) is 0 Å². The number of rotatable bonds is 9. The summed E-state index contributed by atoms with van der Waals surface area (Å²) in [5.41, 5.74) is 0. The minimum atomic E-state index is -2.76. The maximum Gasteiger partial charge on any atom is 0.330 e. The molecule has 0 aliphatic heterocycles. The molecule has 86 valence electrons. The average molecular weight is 222 g/mol. The van der Waals surface area contributed by atoms with Crippen LogP contribution in [0.15, 0.2) is 0 Å². The quantitative estimate of drug-likeness (QED) is 0.439. The van der Waals surface area contributed by atoms with E-state index in [1.165, 1.54) is 0 Å². The van der Waals surface area contributed by atoms with Gasteiger partial charge in [-0.05, 0) is 12.8 Å². The van der Waals surface area contributed by atoms with Crippen LogP contribution >= 0.6 is 7.60 Å². The van der Waals surface area contributed by atoms with Gasteiger partial charge in [-0.3, -0.25) is 4.57 Å². The van der Waals surface area contributed by atoms with E-state index in [9.17, 15) is 4.57 Å². The number of unbranched alkanes of at least 4 members (excludes halogenated alkanes) is 2. The largest absolute Gasteiger partial charge is 0.330 e. The Morgan fingerprint density at radius 2 is 1.36 bits per heavy atom. The van der Waals surface area contributed by atoms with Gasteiger partial charge < -0.3 is 9.05 Å². The van der Waals surface area contributed by atoms with Gasteiger partial charge in [0.15, 0.2) is 0 Å². The molecule has 0 radical (unpaired) electrons. The van der Waals surface area contributed by atoms with Gasteiger partial charge in [0.05, 0.1) is 13.2 Å². The van der Waals surface area contributed by atoms with Gasteiger partial charge in [0.25, 0.3) is 0 Å². The van der Waals surface area contributed by atoms with Crippen LogP contribution in [0.1, 0.15) is 46.5 Å². The van der Waals surface area contributed by atoms with E-state index < -0.39 is 7.60 Å². The molecular weight excluding hydrogens is 199 g/mol. The van der Waals surface area contributed by atoms with Gasteiger partial charge in [-0.15, -0.1) is 0 Å². The molecule has 0 fully saturated rings. The van der Waals surface area contributed by atoms with Gasteiger partial charge >= 0.3 is 7.60 Å². The highest BCUT2D eigenvalue weighted by Gasteiger charge is 2.20.